The second-order valence-electron chi connectivity index (χ2n) is 6.83. The minimum Gasteiger partial charge on any atom is -0.354 e. The van der Waals surface area contributed by atoms with E-state index in [0.717, 1.165) is 32.0 Å². The number of hydrogen-bond donors (Lipinski definition) is 1. The highest BCUT2D eigenvalue weighted by atomic mass is 15.3. The molecule has 0 amide bonds. The van der Waals surface area contributed by atoms with Gasteiger partial charge in [0.25, 0.3) is 0 Å². The van der Waals surface area contributed by atoms with E-state index < -0.39 is 0 Å². The summed E-state index contributed by atoms with van der Waals surface area (Å²) < 4.78 is 0. The Morgan fingerprint density at radius 1 is 1.23 bits per heavy atom. The summed E-state index contributed by atoms with van der Waals surface area (Å²) in [6, 6.07) is 9.43. The minimum atomic E-state index is 0.352. The monoisotopic (exact) mass is 302 g/mol. The van der Waals surface area contributed by atoms with Crippen molar-refractivity contribution in [3.63, 3.8) is 0 Å². The zero-order valence-corrected chi connectivity index (χ0v) is 14.6. The van der Waals surface area contributed by atoms with E-state index in [1.54, 1.807) is 0 Å². The van der Waals surface area contributed by atoms with Crippen LogP contribution in [0.25, 0.3) is 0 Å². The van der Waals surface area contributed by atoms with Crippen molar-refractivity contribution in [3.05, 3.63) is 35.4 Å². The van der Waals surface area contributed by atoms with Crippen LogP contribution in [0.4, 0.5) is 0 Å². The first-order valence-electron chi connectivity index (χ1n) is 8.22. The maximum atomic E-state index is 4.50. The van der Waals surface area contributed by atoms with Gasteiger partial charge < -0.3 is 15.1 Å². The van der Waals surface area contributed by atoms with Crippen molar-refractivity contribution in [2.24, 2.45) is 10.9 Å². The van der Waals surface area contributed by atoms with Crippen molar-refractivity contribution >= 4 is 5.96 Å². The number of nitrogens with one attached hydrogen (secondary N) is 1. The number of nitrogens with zero attached hydrogens (tertiary/aromatic N) is 3. The summed E-state index contributed by atoms with van der Waals surface area (Å²) >= 11 is 0. The van der Waals surface area contributed by atoms with Crippen molar-refractivity contribution in [2.45, 2.75) is 26.3 Å². The predicted octanol–water partition coefficient (Wildman–Crippen LogP) is 2.38. The molecule has 0 radical (unpaired) electrons. The first-order chi connectivity index (χ1) is 10.5. The molecule has 0 aliphatic carbocycles. The molecule has 1 aromatic rings. The molecular formula is C18H30N4. The van der Waals surface area contributed by atoms with Gasteiger partial charge in [-0.3, -0.25) is 4.99 Å². The summed E-state index contributed by atoms with van der Waals surface area (Å²) in [7, 11) is 6.35. The topological polar surface area (TPSA) is 30.9 Å². The minimum absolute atomic E-state index is 0.352. The summed E-state index contributed by atoms with van der Waals surface area (Å²) in [5, 5.41) is 3.49. The maximum absolute atomic E-state index is 4.50. The van der Waals surface area contributed by atoms with Gasteiger partial charge in [0.2, 0.25) is 0 Å². The number of rotatable bonds is 6. The molecule has 1 N–H and O–H groups in total. The zero-order valence-electron chi connectivity index (χ0n) is 14.6. The predicted molar refractivity (Wildman–Crippen MR) is 94.3 cm³/mol. The molecule has 0 aromatic heterocycles. The van der Waals surface area contributed by atoms with Crippen molar-refractivity contribution in [1.82, 2.24) is 15.1 Å². The normalized spacial score (nSPS) is 16.3. The van der Waals surface area contributed by atoms with Gasteiger partial charge in [-0.15, -0.1) is 0 Å². The standard InChI is InChI=1S/C18H30N4/c1-14(2)12-15-6-8-16(9-7-15)17(21(3)4)13-20-18-19-10-11-22(18)5/h6-9,14,17H,10-13H2,1-5H3,(H,19,20). The van der Waals surface area contributed by atoms with Crippen LogP contribution in [-0.2, 0) is 6.42 Å². The zero-order chi connectivity index (χ0) is 16.1. The Morgan fingerprint density at radius 3 is 2.41 bits per heavy atom. The SMILES string of the molecule is CC(C)Cc1ccc(C(CNC2=NCCN2C)N(C)C)cc1. The fraction of sp³-hybridized carbons (Fsp3) is 0.611. The van der Waals surface area contributed by atoms with Gasteiger partial charge in [-0.2, -0.15) is 0 Å². The van der Waals surface area contributed by atoms with Crippen LogP contribution in [0.3, 0.4) is 0 Å². The van der Waals surface area contributed by atoms with Gasteiger partial charge in [0.15, 0.2) is 5.96 Å². The number of hydrogen-bond acceptors (Lipinski definition) is 4. The Bertz CT molecular complexity index is 490. The molecule has 0 saturated carbocycles. The van der Waals surface area contributed by atoms with E-state index in [1.807, 2.05) is 0 Å². The van der Waals surface area contributed by atoms with Crippen molar-refractivity contribution < 1.29 is 0 Å². The van der Waals surface area contributed by atoms with E-state index in [2.05, 4.69) is 79.4 Å². The number of likely N-dealkylation sites (N-methyl/N-ethyl adjacent to an activating group) is 2. The highest BCUT2D eigenvalue weighted by molar-refractivity contribution is 5.81. The Balaban J connectivity index is 2.01. The Kier molecular flexibility index (Phi) is 5.83. The van der Waals surface area contributed by atoms with Crippen LogP contribution < -0.4 is 5.32 Å². The number of guanidine groups is 1. The third kappa shape index (κ3) is 4.47. The molecule has 4 nitrogen and oxygen atoms in total. The second kappa shape index (κ2) is 7.63. The summed E-state index contributed by atoms with van der Waals surface area (Å²) in [5.74, 6) is 1.72. The van der Waals surface area contributed by atoms with Crippen LogP contribution in [0.2, 0.25) is 0 Å². The van der Waals surface area contributed by atoms with Crippen molar-refractivity contribution in [2.75, 3.05) is 40.8 Å². The fourth-order valence-electron chi connectivity index (χ4n) is 2.86. The second-order valence-corrected chi connectivity index (χ2v) is 6.83. The van der Waals surface area contributed by atoms with Crippen LogP contribution in [0.1, 0.15) is 31.0 Å². The molecule has 1 aliphatic heterocycles. The van der Waals surface area contributed by atoms with Gasteiger partial charge in [0.05, 0.1) is 12.6 Å². The molecule has 0 fully saturated rings. The molecule has 1 aromatic carbocycles. The van der Waals surface area contributed by atoms with E-state index in [-0.39, 0.29) is 0 Å². The highest BCUT2D eigenvalue weighted by Gasteiger charge is 2.17. The van der Waals surface area contributed by atoms with E-state index >= 15 is 0 Å². The van der Waals surface area contributed by atoms with Crippen LogP contribution >= 0.6 is 0 Å². The fourth-order valence-corrected chi connectivity index (χ4v) is 2.86. The largest absolute Gasteiger partial charge is 0.354 e. The van der Waals surface area contributed by atoms with Crippen molar-refractivity contribution in [1.29, 1.82) is 0 Å². The average Bonchev–Trinajstić information content (AvgIpc) is 2.85. The maximum Gasteiger partial charge on any atom is 0.193 e. The highest BCUT2D eigenvalue weighted by Crippen LogP contribution is 2.19. The lowest BCUT2D eigenvalue weighted by Gasteiger charge is -2.27. The molecule has 0 bridgehead atoms. The molecule has 0 spiro atoms. The van der Waals surface area contributed by atoms with Crippen LogP contribution in [0.5, 0.6) is 0 Å². The molecule has 1 heterocycles. The van der Waals surface area contributed by atoms with E-state index in [4.69, 9.17) is 0 Å². The Morgan fingerprint density at radius 2 is 1.91 bits per heavy atom. The lowest BCUT2D eigenvalue weighted by atomic mass is 9.99. The third-order valence-electron chi connectivity index (χ3n) is 4.14. The van der Waals surface area contributed by atoms with Crippen LogP contribution in [0, 0.1) is 5.92 Å². The van der Waals surface area contributed by atoms with Crippen molar-refractivity contribution in [3.8, 4) is 0 Å². The van der Waals surface area contributed by atoms with E-state index in [1.165, 1.54) is 11.1 Å². The molecule has 1 aliphatic rings. The number of benzene rings is 1. The molecular weight excluding hydrogens is 272 g/mol. The molecule has 1 atom stereocenters. The molecule has 2 rings (SSSR count). The molecule has 1 unspecified atom stereocenters. The van der Waals surface area contributed by atoms with Gasteiger partial charge >= 0.3 is 0 Å². The summed E-state index contributed by atoms with van der Waals surface area (Å²) in [6.45, 7) is 7.31. The van der Waals surface area contributed by atoms with Gasteiger partial charge in [-0.1, -0.05) is 38.1 Å². The summed E-state index contributed by atoms with van der Waals surface area (Å²) in [4.78, 5) is 8.94. The average molecular weight is 302 g/mol. The lowest BCUT2D eigenvalue weighted by Crippen LogP contribution is -2.40. The smallest absolute Gasteiger partial charge is 0.193 e. The van der Waals surface area contributed by atoms with Crippen LogP contribution in [0.15, 0.2) is 29.3 Å². The van der Waals surface area contributed by atoms with E-state index in [0.29, 0.717) is 12.0 Å². The quantitative estimate of drug-likeness (QED) is 0.875. The molecule has 122 valence electrons. The van der Waals surface area contributed by atoms with Gasteiger partial charge in [0, 0.05) is 20.1 Å². The van der Waals surface area contributed by atoms with Gasteiger partial charge in [0.1, 0.15) is 0 Å². The molecule has 22 heavy (non-hydrogen) atoms. The van der Waals surface area contributed by atoms with Crippen LogP contribution in [-0.4, -0.2) is 56.5 Å². The molecule has 4 heteroatoms. The number of aliphatic imine (C=N–C) groups is 1. The Hall–Kier alpha value is -1.55. The summed E-state index contributed by atoms with van der Waals surface area (Å²) in [6.07, 6.45) is 1.15. The molecule has 0 saturated heterocycles. The van der Waals surface area contributed by atoms with Gasteiger partial charge in [-0.05, 0) is 37.6 Å². The third-order valence-corrected chi connectivity index (χ3v) is 4.14. The van der Waals surface area contributed by atoms with E-state index in [9.17, 15) is 0 Å². The first kappa shape index (κ1) is 16.8. The Labute approximate surface area is 135 Å². The first-order valence-corrected chi connectivity index (χ1v) is 8.22. The summed E-state index contributed by atoms with van der Waals surface area (Å²) in [5.41, 5.74) is 2.77. The van der Waals surface area contributed by atoms with Gasteiger partial charge in [-0.25, -0.2) is 0 Å². The lowest BCUT2D eigenvalue weighted by molar-refractivity contribution is 0.296.